The van der Waals surface area contributed by atoms with Gasteiger partial charge in [0.25, 0.3) is 0 Å². The van der Waals surface area contributed by atoms with Gasteiger partial charge in [-0.3, -0.25) is 0 Å². The molecule has 112 valence electrons. The summed E-state index contributed by atoms with van der Waals surface area (Å²) in [6.45, 7) is 4.85. The first-order chi connectivity index (χ1) is 9.39. The van der Waals surface area contributed by atoms with Crippen molar-refractivity contribution in [1.29, 1.82) is 0 Å². The lowest BCUT2D eigenvalue weighted by atomic mass is 10.1. The summed E-state index contributed by atoms with van der Waals surface area (Å²) in [7, 11) is -3.50. The summed E-state index contributed by atoms with van der Waals surface area (Å²) in [6, 6.07) is 5.04. The Morgan fingerprint density at radius 2 is 1.85 bits per heavy atom. The van der Waals surface area contributed by atoms with Crippen molar-refractivity contribution in [3.8, 4) is 0 Å². The molecule has 20 heavy (non-hydrogen) atoms. The summed E-state index contributed by atoms with van der Waals surface area (Å²) in [5.74, 6) is 0.0484. The number of hydrogen-bond donors (Lipinski definition) is 1. The van der Waals surface area contributed by atoms with Gasteiger partial charge in [-0.1, -0.05) is 43.1 Å². The molecular formula is C14H19Cl2NO2S. The first kappa shape index (κ1) is 16.1. The maximum atomic E-state index is 12.8. The third kappa shape index (κ3) is 2.84. The van der Waals surface area contributed by atoms with Gasteiger partial charge >= 0.3 is 0 Å². The summed E-state index contributed by atoms with van der Waals surface area (Å²) in [5, 5.41) is 3.33. The SMILES string of the molecule is CCNC1CCC(S(=O)(=O)c2c(Cl)cccc2Cl)C1C. The Morgan fingerprint density at radius 3 is 2.40 bits per heavy atom. The van der Waals surface area contributed by atoms with E-state index in [1.54, 1.807) is 18.2 Å². The number of benzene rings is 1. The van der Waals surface area contributed by atoms with Crippen molar-refractivity contribution in [3.05, 3.63) is 28.2 Å². The normalized spacial score (nSPS) is 26.9. The van der Waals surface area contributed by atoms with Crippen LogP contribution in [0.5, 0.6) is 0 Å². The summed E-state index contributed by atoms with van der Waals surface area (Å²) in [6.07, 6.45) is 1.50. The molecule has 0 aromatic heterocycles. The molecule has 0 heterocycles. The first-order valence-corrected chi connectivity index (χ1v) is 9.11. The van der Waals surface area contributed by atoms with E-state index in [0.717, 1.165) is 13.0 Å². The maximum Gasteiger partial charge on any atom is 0.184 e. The van der Waals surface area contributed by atoms with Crippen LogP contribution < -0.4 is 5.32 Å². The van der Waals surface area contributed by atoms with Crippen molar-refractivity contribution in [2.75, 3.05) is 6.54 Å². The van der Waals surface area contributed by atoms with E-state index in [9.17, 15) is 8.42 Å². The molecule has 0 amide bonds. The molecule has 6 heteroatoms. The molecule has 0 aliphatic heterocycles. The zero-order valence-electron chi connectivity index (χ0n) is 11.6. The number of nitrogens with one attached hydrogen (secondary N) is 1. The predicted octanol–water partition coefficient (Wildman–Crippen LogP) is 3.54. The zero-order chi connectivity index (χ0) is 14.9. The standard InChI is InChI=1S/C14H19Cl2NO2S/c1-3-17-12-7-8-13(9(12)2)20(18,19)14-10(15)5-4-6-11(14)16/h4-6,9,12-13,17H,3,7-8H2,1-2H3. The van der Waals surface area contributed by atoms with Gasteiger partial charge in [0, 0.05) is 6.04 Å². The summed E-state index contributed by atoms with van der Waals surface area (Å²) in [5.41, 5.74) is 0. The van der Waals surface area contributed by atoms with Gasteiger partial charge in [-0.15, -0.1) is 0 Å². The third-order valence-corrected chi connectivity index (χ3v) is 7.38. The van der Waals surface area contributed by atoms with E-state index in [1.807, 2.05) is 13.8 Å². The summed E-state index contributed by atoms with van der Waals surface area (Å²) in [4.78, 5) is 0.0809. The fraction of sp³-hybridized carbons (Fsp3) is 0.571. The molecule has 0 saturated heterocycles. The lowest BCUT2D eigenvalue weighted by molar-refractivity contribution is 0.433. The molecule has 1 aliphatic carbocycles. The van der Waals surface area contributed by atoms with Crippen LogP contribution in [0.1, 0.15) is 26.7 Å². The highest BCUT2D eigenvalue weighted by Gasteiger charge is 2.42. The molecule has 0 bridgehead atoms. The topological polar surface area (TPSA) is 46.2 Å². The molecule has 2 rings (SSSR count). The molecule has 0 spiro atoms. The second kappa shape index (κ2) is 6.22. The molecular weight excluding hydrogens is 317 g/mol. The molecule has 3 unspecified atom stereocenters. The Kier molecular flexibility index (Phi) is 5.00. The zero-order valence-corrected chi connectivity index (χ0v) is 13.9. The van der Waals surface area contributed by atoms with E-state index in [-0.39, 0.29) is 26.9 Å². The third-order valence-electron chi connectivity index (χ3n) is 4.05. The largest absolute Gasteiger partial charge is 0.314 e. The van der Waals surface area contributed by atoms with Crippen LogP contribution in [-0.4, -0.2) is 26.3 Å². The Balaban J connectivity index is 2.37. The van der Waals surface area contributed by atoms with E-state index in [1.165, 1.54) is 0 Å². The number of halogens is 2. The molecule has 1 aromatic carbocycles. The fourth-order valence-corrected chi connectivity index (χ4v) is 6.25. The number of hydrogen-bond acceptors (Lipinski definition) is 3. The van der Waals surface area contributed by atoms with Crippen molar-refractivity contribution >= 4 is 33.0 Å². The summed E-state index contributed by atoms with van der Waals surface area (Å²) < 4.78 is 25.7. The highest BCUT2D eigenvalue weighted by molar-refractivity contribution is 7.92. The Morgan fingerprint density at radius 1 is 1.25 bits per heavy atom. The molecule has 1 saturated carbocycles. The van der Waals surface area contributed by atoms with Crippen molar-refractivity contribution < 1.29 is 8.42 Å². The van der Waals surface area contributed by atoms with Gasteiger partial charge in [0.15, 0.2) is 9.84 Å². The minimum absolute atomic E-state index is 0.0484. The van der Waals surface area contributed by atoms with E-state index in [0.29, 0.717) is 6.42 Å². The first-order valence-electron chi connectivity index (χ1n) is 6.80. The van der Waals surface area contributed by atoms with Crippen LogP contribution in [0, 0.1) is 5.92 Å². The molecule has 0 radical (unpaired) electrons. The van der Waals surface area contributed by atoms with E-state index < -0.39 is 15.1 Å². The second-order valence-corrected chi connectivity index (χ2v) is 8.15. The van der Waals surface area contributed by atoms with Crippen molar-refractivity contribution in [2.24, 2.45) is 5.92 Å². The second-order valence-electron chi connectivity index (χ2n) is 5.23. The molecule has 3 nitrogen and oxygen atoms in total. The lowest BCUT2D eigenvalue weighted by Gasteiger charge is -2.22. The monoisotopic (exact) mass is 335 g/mol. The van der Waals surface area contributed by atoms with Crippen LogP contribution in [0.25, 0.3) is 0 Å². The van der Waals surface area contributed by atoms with Crippen molar-refractivity contribution in [2.45, 2.75) is 42.9 Å². The van der Waals surface area contributed by atoms with Gasteiger partial charge in [0.2, 0.25) is 0 Å². The number of sulfone groups is 1. The van der Waals surface area contributed by atoms with Gasteiger partial charge < -0.3 is 5.32 Å². The van der Waals surface area contributed by atoms with Crippen LogP contribution >= 0.6 is 23.2 Å². The highest BCUT2D eigenvalue weighted by Crippen LogP contribution is 2.39. The maximum absolute atomic E-state index is 12.8. The smallest absolute Gasteiger partial charge is 0.184 e. The predicted molar refractivity (Wildman–Crippen MR) is 83.3 cm³/mol. The Hall–Kier alpha value is -0.290. The minimum Gasteiger partial charge on any atom is -0.314 e. The van der Waals surface area contributed by atoms with Crippen molar-refractivity contribution in [1.82, 2.24) is 5.32 Å². The van der Waals surface area contributed by atoms with Gasteiger partial charge in [-0.05, 0) is 37.4 Å². The van der Waals surface area contributed by atoms with Gasteiger partial charge in [0.1, 0.15) is 4.90 Å². The van der Waals surface area contributed by atoms with Crippen molar-refractivity contribution in [3.63, 3.8) is 0 Å². The highest BCUT2D eigenvalue weighted by atomic mass is 35.5. The molecule has 3 atom stereocenters. The van der Waals surface area contributed by atoms with E-state index in [2.05, 4.69) is 5.32 Å². The Labute approximate surface area is 130 Å². The summed E-state index contributed by atoms with van der Waals surface area (Å²) >= 11 is 12.1. The van der Waals surface area contributed by atoms with Crippen LogP contribution in [0.4, 0.5) is 0 Å². The Bertz CT molecular complexity index is 569. The average Bonchev–Trinajstić information content (AvgIpc) is 2.72. The minimum atomic E-state index is -3.50. The molecule has 1 N–H and O–H groups in total. The van der Waals surface area contributed by atoms with Crippen LogP contribution in [0.15, 0.2) is 23.1 Å². The van der Waals surface area contributed by atoms with Crippen LogP contribution in [0.2, 0.25) is 10.0 Å². The lowest BCUT2D eigenvalue weighted by Crippen LogP contribution is -2.36. The van der Waals surface area contributed by atoms with Crippen LogP contribution in [-0.2, 0) is 9.84 Å². The van der Waals surface area contributed by atoms with E-state index >= 15 is 0 Å². The average molecular weight is 336 g/mol. The molecule has 1 aliphatic rings. The fourth-order valence-electron chi connectivity index (χ4n) is 3.02. The van der Waals surface area contributed by atoms with Crippen LogP contribution in [0.3, 0.4) is 0 Å². The van der Waals surface area contributed by atoms with Gasteiger partial charge in [0.05, 0.1) is 15.3 Å². The molecule has 1 aromatic rings. The molecule has 1 fully saturated rings. The van der Waals surface area contributed by atoms with E-state index in [4.69, 9.17) is 23.2 Å². The van der Waals surface area contributed by atoms with Gasteiger partial charge in [-0.2, -0.15) is 0 Å². The quantitative estimate of drug-likeness (QED) is 0.915. The van der Waals surface area contributed by atoms with Gasteiger partial charge in [-0.25, -0.2) is 8.42 Å². The number of rotatable bonds is 4.